The Morgan fingerprint density at radius 1 is 1.50 bits per heavy atom. The summed E-state index contributed by atoms with van der Waals surface area (Å²) >= 11 is 0. The van der Waals surface area contributed by atoms with Crippen molar-refractivity contribution in [1.29, 1.82) is 0 Å². The number of hydrogen-bond acceptors (Lipinski definition) is 4. The molecule has 0 fully saturated rings. The first kappa shape index (κ1) is 8.64. The summed E-state index contributed by atoms with van der Waals surface area (Å²) in [5.74, 6) is -1.30. The number of imidazole rings is 1. The molecule has 6 nitrogen and oxygen atoms in total. The van der Waals surface area contributed by atoms with Crippen LogP contribution in [0.4, 0.5) is 0 Å². The minimum atomic E-state index is -1.56. The molecule has 0 aliphatic heterocycles. The number of carboxylic acids is 1. The molecule has 0 aliphatic rings. The number of aliphatic hydroxyl groups excluding tert-OH is 1. The molecule has 6 heteroatoms. The van der Waals surface area contributed by atoms with E-state index in [0.29, 0.717) is 5.65 Å². The van der Waals surface area contributed by atoms with Gasteiger partial charge in [-0.3, -0.25) is 9.38 Å². The maximum absolute atomic E-state index is 10.5. The first-order chi connectivity index (χ1) is 6.70. The molecule has 0 amide bonds. The molecule has 0 spiro atoms. The van der Waals surface area contributed by atoms with Gasteiger partial charge in [0.2, 0.25) is 0 Å². The predicted molar refractivity (Wildman–Crippen MR) is 45.6 cm³/mol. The lowest BCUT2D eigenvalue weighted by Gasteiger charge is -2.03. The fourth-order valence-corrected chi connectivity index (χ4v) is 1.19. The van der Waals surface area contributed by atoms with Crippen molar-refractivity contribution in [3.05, 3.63) is 30.5 Å². The van der Waals surface area contributed by atoms with Gasteiger partial charge >= 0.3 is 5.97 Å². The summed E-state index contributed by atoms with van der Waals surface area (Å²) in [6.45, 7) is 0. The van der Waals surface area contributed by atoms with Crippen LogP contribution in [0.15, 0.2) is 24.8 Å². The van der Waals surface area contributed by atoms with E-state index in [1.54, 1.807) is 6.20 Å². The van der Waals surface area contributed by atoms with Gasteiger partial charge in [0, 0.05) is 12.4 Å². The highest BCUT2D eigenvalue weighted by molar-refractivity contribution is 5.73. The SMILES string of the molecule is O=C(O)C(O)c1cnc2cnccn12. The number of aliphatic hydroxyl groups is 1. The standard InChI is InChI=1S/C8H7N3O3/c12-7(8(13)14)5-3-10-6-4-9-1-2-11(5)6/h1-4,7,12H,(H,13,14). The topological polar surface area (TPSA) is 87.7 Å². The van der Waals surface area contributed by atoms with Gasteiger partial charge in [-0.1, -0.05) is 0 Å². The van der Waals surface area contributed by atoms with Gasteiger partial charge in [-0.05, 0) is 0 Å². The van der Waals surface area contributed by atoms with Crippen LogP contribution < -0.4 is 0 Å². The van der Waals surface area contributed by atoms with Crippen LogP contribution in [0.25, 0.3) is 5.65 Å². The highest BCUT2D eigenvalue weighted by Gasteiger charge is 2.19. The summed E-state index contributed by atoms with van der Waals surface area (Å²) in [4.78, 5) is 18.3. The number of aromatic nitrogens is 3. The Morgan fingerprint density at radius 3 is 3.00 bits per heavy atom. The van der Waals surface area contributed by atoms with Gasteiger partial charge in [-0.15, -0.1) is 0 Å². The molecule has 72 valence electrons. The van der Waals surface area contributed by atoms with Crippen LogP contribution in [0, 0.1) is 0 Å². The maximum Gasteiger partial charge on any atom is 0.338 e. The van der Waals surface area contributed by atoms with Crippen molar-refractivity contribution in [2.45, 2.75) is 6.10 Å². The normalized spacial score (nSPS) is 12.9. The van der Waals surface area contributed by atoms with Crippen molar-refractivity contribution in [2.24, 2.45) is 0 Å². The highest BCUT2D eigenvalue weighted by Crippen LogP contribution is 2.13. The van der Waals surface area contributed by atoms with Crippen LogP contribution in [-0.4, -0.2) is 30.6 Å². The molecule has 0 aliphatic carbocycles. The van der Waals surface area contributed by atoms with Crippen molar-refractivity contribution in [3.8, 4) is 0 Å². The lowest BCUT2D eigenvalue weighted by molar-refractivity contribution is -0.147. The minimum absolute atomic E-state index is 0.218. The summed E-state index contributed by atoms with van der Waals surface area (Å²) in [7, 11) is 0. The van der Waals surface area contributed by atoms with E-state index in [2.05, 4.69) is 9.97 Å². The molecule has 1 unspecified atom stereocenters. The van der Waals surface area contributed by atoms with E-state index in [1.165, 1.54) is 23.0 Å². The summed E-state index contributed by atoms with van der Waals surface area (Å²) in [5, 5.41) is 17.9. The van der Waals surface area contributed by atoms with Crippen LogP contribution in [0.1, 0.15) is 11.8 Å². The van der Waals surface area contributed by atoms with E-state index in [9.17, 15) is 9.90 Å². The van der Waals surface area contributed by atoms with E-state index in [-0.39, 0.29) is 5.69 Å². The number of rotatable bonds is 2. The average Bonchev–Trinajstić information content (AvgIpc) is 2.60. The zero-order valence-corrected chi connectivity index (χ0v) is 7.03. The fraction of sp³-hybridized carbons (Fsp3) is 0.125. The quantitative estimate of drug-likeness (QED) is 0.692. The molecule has 2 heterocycles. The highest BCUT2D eigenvalue weighted by atomic mass is 16.4. The Labute approximate surface area is 78.5 Å². The van der Waals surface area contributed by atoms with E-state index in [0.717, 1.165) is 0 Å². The van der Waals surface area contributed by atoms with E-state index < -0.39 is 12.1 Å². The molecule has 2 aromatic rings. The summed E-state index contributed by atoms with van der Waals surface area (Å²) in [6.07, 6.45) is 4.28. The van der Waals surface area contributed by atoms with Crippen LogP contribution >= 0.6 is 0 Å². The van der Waals surface area contributed by atoms with Gasteiger partial charge < -0.3 is 10.2 Å². The van der Waals surface area contributed by atoms with E-state index >= 15 is 0 Å². The van der Waals surface area contributed by atoms with Crippen molar-refractivity contribution in [2.75, 3.05) is 0 Å². The molecule has 0 saturated carbocycles. The first-order valence-corrected chi connectivity index (χ1v) is 3.88. The molecule has 14 heavy (non-hydrogen) atoms. The molecule has 0 bridgehead atoms. The smallest absolute Gasteiger partial charge is 0.338 e. The minimum Gasteiger partial charge on any atom is -0.479 e. The van der Waals surface area contributed by atoms with Gasteiger partial charge in [0.05, 0.1) is 18.1 Å². The molecule has 0 aromatic carbocycles. The Hall–Kier alpha value is -1.95. The monoisotopic (exact) mass is 193 g/mol. The number of nitrogens with zero attached hydrogens (tertiary/aromatic N) is 3. The summed E-state index contributed by atoms with van der Waals surface area (Å²) < 4.78 is 1.48. The second kappa shape index (κ2) is 3.08. The number of carbonyl (C=O) groups is 1. The van der Waals surface area contributed by atoms with Gasteiger partial charge in [-0.2, -0.15) is 0 Å². The predicted octanol–water partition coefficient (Wildman–Crippen LogP) is -0.153. The molecular weight excluding hydrogens is 186 g/mol. The number of aliphatic carboxylic acids is 1. The van der Waals surface area contributed by atoms with E-state index in [4.69, 9.17) is 5.11 Å². The largest absolute Gasteiger partial charge is 0.479 e. The molecule has 2 rings (SSSR count). The molecule has 0 saturated heterocycles. The molecule has 2 N–H and O–H groups in total. The van der Waals surface area contributed by atoms with Crippen LogP contribution in [-0.2, 0) is 4.79 Å². The lowest BCUT2D eigenvalue weighted by Crippen LogP contribution is -2.12. The number of fused-ring (bicyclic) bond motifs is 1. The van der Waals surface area contributed by atoms with Gasteiger partial charge in [0.15, 0.2) is 11.8 Å². The third-order valence-corrected chi connectivity index (χ3v) is 1.86. The van der Waals surface area contributed by atoms with Crippen LogP contribution in [0.2, 0.25) is 0 Å². The molecule has 0 radical (unpaired) electrons. The van der Waals surface area contributed by atoms with Crippen LogP contribution in [0.5, 0.6) is 0 Å². The second-order valence-electron chi connectivity index (χ2n) is 2.73. The van der Waals surface area contributed by atoms with Gasteiger partial charge in [0.25, 0.3) is 0 Å². The maximum atomic E-state index is 10.5. The number of carboxylic acid groups (broad SMARTS) is 1. The zero-order valence-electron chi connectivity index (χ0n) is 7.03. The Bertz CT molecular complexity index is 479. The summed E-state index contributed by atoms with van der Waals surface area (Å²) in [6, 6.07) is 0. The van der Waals surface area contributed by atoms with Crippen molar-refractivity contribution in [1.82, 2.24) is 14.4 Å². The van der Waals surface area contributed by atoms with Crippen molar-refractivity contribution >= 4 is 11.6 Å². The summed E-state index contributed by atoms with van der Waals surface area (Å²) in [5.41, 5.74) is 0.720. The fourth-order valence-electron chi connectivity index (χ4n) is 1.19. The first-order valence-electron chi connectivity index (χ1n) is 3.88. The van der Waals surface area contributed by atoms with Crippen molar-refractivity contribution < 1.29 is 15.0 Å². The van der Waals surface area contributed by atoms with Crippen molar-refractivity contribution in [3.63, 3.8) is 0 Å². The third-order valence-electron chi connectivity index (χ3n) is 1.86. The third kappa shape index (κ3) is 1.21. The Morgan fingerprint density at radius 2 is 2.29 bits per heavy atom. The second-order valence-corrected chi connectivity index (χ2v) is 2.73. The van der Waals surface area contributed by atoms with Gasteiger partial charge in [-0.25, -0.2) is 9.78 Å². The Kier molecular flexibility index (Phi) is 1.90. The molecule has 1 atom stereocenters. The van der Waals surface area contributed by atoms with Gasteiger partial charge in [0.1, 0.15) is 0 Å². The zero-order chi connectivity index (χ0) is 10.1. The number of hydrogen-bond donors (Lipinski definition) is 2. The molecular formula is C8H7N3O3. The molecule has 2 aromatic heterocycles. The lowest BCUT2D eigenvalue weighted by atomic mass is 10.3. The average molecular weight is 193 g/mol. The Balaban J connectivity index is 2.58. The van der Waals surface area contributed by atoms with Crippen LogP contribution in [0.3, 0.4) is 0 Å². The van der Waals surface area contributed by atoms with E-state index in [1.807, 2.05) is 0 Å².